The Hall–Kier alpha value is -6.90. The van der Waals surface area contributed by atoms with E-state index in [1.807, 2.05) is 0 Å². The number of aromatic amines is 3. The van der Waals surface area contributed by atoms with E-state index in [0.717, 1.165) is 0 Å². The van der Waals surface area contributed by atoms with Crippen molar-refractivity contribution in [1.29, 1.82) is 0 Å². The third-order valence-corrected chi connectivity index (χ3v) is 23.2. The number of hydrogen-bond donors (Lipinski definition) is 6. The van der Waals surface area contributed by atoms with Crippen LogP contribution in [0.2, 0.25) is 0 Å². The maximum absolute atomic E-state index is 13.9. The third-order valence-electron chi connectivity index (χ3n) is 16.7. The number of hydrogen-bond acceptors (Lipinski definition) is 27. The van der Waals surface area contributed by atoms with Crippen molar-refractivity contribution in [3.05, 3.63) is 172 Å². The summed E-state index contributed by atoms with van der Waals surface area (Å²) >= 11 is 15.7. The minimum atomic E-state index is -4.37. The SMILES string of the molecule is [2H]C([2H])(OP(=O)(C[C@@H](C)C(=O)OC(C)C)Oc1ccccc1)[C@@H]1O[C@H](n2cc(C)c(=O)[nH]c2=S)[C@H](C)C1O.[2H]C([2H])(O[P@@](=O)(C[C@@H](C)C(=O)OC(C)C)Oc1ccccc1)[C@@H]1O[C@H](n2cc(C)c(=O)[nH]c2=S)[C@H](C)C1O.[2H]C([2H])(O[P@](=O)(C[C@@H](C)C(=O)OC(C)C)Oc1ccccc1)[C@@H]1O[C@H](n2cc(C)c(=O)[nH]c2=S)[C@H](C)C1O. The molecule has 6 heterocycles. The van der Waals surface area contributed by atoms with Gasteiger partial charge in [-0.25, -0.2) is 13.7 Å². The second-order valence-corrected chi connectivity index (χ2v) is 34.2. The summed E-state index contributed by atoms with van der Waals surface area (Å²) in [4.78, 5) is 80.5. The van der Waals surface area contributed by atoms with Gasteiger partial charge in [0.25, 0.3) is 16.7 Å². The molecule has 6 aromatic rings. The largest absolute Gasteiger partial charge is 0.463 e. The number of benzene rings is 3. The lowest BCUT2D eigenvalue weighted by Crippen LogP contribution is -2.30. The van der Waals surface area contributed by atoms with Crippen LogP contribution in [0.3, 0.4) is 0 Å². The summed E-state index contributed by atoms with van der Waals surface area (Å²) in [5, 5.41) is 32.8. The van der Waals surface area contributed by atoms with Crippen molar-refractivity contribution in [3.63, 3.8) is 0 Å². The van der Waals surface area contributed by atoms with Crippen LogP contribution in [0.5, 0.6) is 17.2 Å². The molecule has 3 aliphatic heterocycles. The fourth-order valence-electron chi connectivity index (χ4n) is 10.8. The van der Waals surface area contributed by atoms with Gasteiger partial charge in [0.1, 0.15) is 54.2 Å². The summed E-state index contributed by atoms with van der Waals surface area (Å²) in [5.41, 5.74) is -0.107. The first kappa shape index (κ1) is 79.2. The maximum atomic E-state index is 13.9. The highest BCUT2D eigenvalue weighted by Gasteiger charge is 2.48. The second kappa shape index (κ2) is 39.3. The number of esters is 3. The Morgan fingerprint density at radius 2 is 0.667 bits per heavy atom. The van der Waals surface area contributed by atoms with Gasteiger partial charge < -0.3 is 57.3 Å². The van der Waals surface area contributed by atoms with Gasteiger partial charge in [0, 0.05) is 53.0 Å². The first-order chi connectivity index (χ1) is 52.9. The number of rotatable bonds is 30. The maximum Gasteiger partial charge on any atom is 0.380 e. The lowest BCUT2D eigenvalue weighted by molar-refractivity contribution is -0.152. The Bertz CT molecular complexity index is 4380. The Morgan fingerprint density at radius 1 is 0.444 bits per heavy atom. The minimum Gasteiger partial charge on any atom is -0.463 e. The molecule has 36 heteroatoms. The number of para-hydroxylation sites is 3. The number of H-pyrrole nitrogens is 3. The lowest BCUT2D eigenvalue weighted by Gasteiger charge is -2.24. The third kappa shape index (κ3) is 24.5. The van der Waals surface area contributed by atoms with E-state index in [1.54, 1.807) is 138 Å². The summed E-state index contributed by atoms with van der Waals surface area (Å²) in [5.74, 6) is -6.43. The molecule has 18 atom stereocenters. The van der Waals surface area contributed by atoms with Gasteiger partial charge in [-0.3, -0.25) is 71.0 Å². The number of carbonyl (C=O) groups is 3. The molecule has 0 radical (unpaired) electrons. The number of aliphatic hydroxyl groups is 3. The fraction of sp³-hybridized carbons (Fsp3) is 0.542. The number of ether oxygens (including phenoxy) is 6. The van der Waals surface area contributed by atoms with Gasteiger partial charge >= 0.3 is 40.7 Å². The Balaban J connectivity index is 0.000000237. The highest BCUT2D eigenvalue weighted by molar-refractivity contribution is 7.71. The van der Waals surface area contributed by atoms with E-state index in [4.69, 9.17) is 100 Å². The number of aryl methyl sites for hydroxylation is 3. The van der Waals surface area contributed by atoms with Crippen molar-refractivity contribution in [2.75, 3.05) is 38.2 Å². The predicted octanol–water partition coefficient (Wildman–Crippen LogP) is 12.0. The summed E-state index contributed by atoms with van der Waals surface area (Å²) in [6.07, 6.45) is -10.2. The van der Waals surface area contributed by atoms with Crippen molar-refractivity contribution in [2.24, 2.45) is 35.5 Å². The van der Waals surface area contributed by atoms with E-state index in [0.29, 0.717) is 16.7 Å². The van der Waals surface area contributed by atoms with E-state index in [9.17, 15) is 57.8 Å². The minimum absolute atomic E-state index is 0.0300. The standard InChI is InChI=1S/3C24H33N2O8PS/c3*1-14(2)32-23(29)16(4)13-35(30,34-18-9-7-6-8-10-18)31-12-19-20(27)17(5)22(33-19)26-11-15(3)21(28)25-24(26)36/h3*6-11,14,16-17,19-20,22,27H,12-13H2,1-5H3,(H,25,28,36)/t16-,17-,19+,20?,22+,35?;16-,17-,19+,20?,22+,35+;16-,17-,19+,20?,22+,35-/m111/s1/i3*12D2. The highest BCUT2D eigenvalue weighted by atomic mass is 32.1. The normalized spacial score (nSPS) is 25.5. The van der Waals surface area contributed by atoms with Crippen molar-refractivity contribution in [1.82, 2.24) is 28.7 Å². The van der Waals surface area contributed by atoms with Gasteiger partial charge in [0.2, 0.25) is 0 Å². The average molecular weight is 1630 g/mol. The molecule has 3 aliphatic rings. The molecule has 3 saturated heterocycles. The van der Waals surface area contributed by atoms with Crippen molar-refractivity contribution in [3.8, 4) is 17.2 Å². The van der Waals surface area contributed by atoms with E-state index >= 15 is 0 Å². The number of aromatic nitrogens is 6. The molecular weight excluding hydrogens is 1520 g/mol. The first-order valence-electron chi connectivity index (χ1n) is 37.6. The molecule has 108 heavy (non-hydrogen) atoms. The molecule has 0 saturated carbocycles. The highest BCUT2D eigenvalue weighted by Crippen LogP contribution is 2.54. The average Bonchev–Trinajstić information content (AvgIpc) is 1.69. The fourth-order valence-corrected chi connectivity index (χ4v) is 16.7. The Kier molecular flexibility index (Phi) is 28.8. The van der Waals surface area contributed by atoms with Crippen LogP contribution in [-0.2, 0) is 70.1 Å². The number of nitrogens with one attached hydrogen (secondary N) is 3. The van der Waals surface area contributed by atoms with E-state index in [2.05, 4.69) is 15.0 Å². The van der Waals surface area contributed by atoms with Crippen LogP contribution in [0.15, 0.2) is 124 Å². The van der Waals surface area contributed by atoms with Gasteiger partial charge in [-0.05, 0) is 135 Å². The van der Waals surface area contributed by atoms with Crippen LogP contribution >= 0.6 is 59.4 Å². The number of nitrogens with zero attached hydrogens (tertiary/aromatic N) is 3. The summed E-state index contributed by atoms with van der Waals surface area (Å²) in [6.45, 7) is 15.6. The van der Waals surface area contributed by atoms with Crippen LogP contribution < -0.4 is 30.2 Å². The quantitative estimate of drug-likeness (QED) is 0.0106. The Labute approximate surface area is 650 Å². The zero-order valence-corrected chi connectivity index (χ0v) is 67.4. The molecular formula is C72H99N6O24P3S3. The molecule has 594 valence electrons. The van der Waals surface area contributed by atoms with Gasteiger partial charge in [-0.1, -0.05) is 96.1 Å². The zero-order valence-electron chi connectivity index (χ0n) is 68.2. The topological polar surface area (TPSA) is 387 Å². The van der Waals surface area contributed by atoms with Gasteiger partial charge in [0.05, 0.1) is 101 Å². The molecule has 3 aromatic heterocycles. The lowest BCUT2D eigenvalue weighted by atomic mass is 10.0. The molecule has 3 fully saturated rings. The summed E-state index contributed by atoms with van der Waals surface area (Å²) < 4.78 is 164. The molecule has 0 amide bonds. The van der Waals surface area contributed by atoms with E-state index in [-0.39, 0.29) is 48.2 Å². The predicted molar refractivity (Wildman–Crippen MR) is 407 cm³/mol. The van der Waals surface area contributed by atoms with Crippen molar-refractivity contribution in [2.45, 2.75) is 177 Å². The number of carbonyl (C=O) groups excluding carboxylic acids is 3. The monoisotopic (exact) mass is 1630 g/mol. The van der Waals surface area contributed by atoms with Gasteiger partial charge in [-0.15, -0.1) is 0 Å². The molecule has 30 nitrogen and oxygen atoms in total. The van der Waals surface area contributed by atoms with Crippen molar-refractivity contribution >= 4 is 77.3 Å². The van der Waals surface area contributed by atoms with Gasteiger partial charge in [0.15, 0.2) is 14.3 Å². The van der Waals surface area contributed by atoms with Crippen LogP contribution in [0, 0.1) is 70.6 Å². The molecule has 9 rings (SSSR count). The molecule has 0 aliphatic carbocycles. The van der Waals surface area contributed by atoms with Crippen LogP contribution in [0.1, 0.15) is 127 Å². The zero-order chi connectivity index (χ0) is 85.2. The smallest absolute Gasteiger partial charge is 0.380 e. The van der Waals surface area contributed by atoms with E-state index in [1.165, 1.54) is 89.5 Å². The molecule has 4 unspecified atom stereocenters. The molecule has 0 spiro atoms. The second-order valence-electron chi connectivity index (χ2n) is 27.2. The number of aliphatic hydroxyl groups excluding tert-OH is 3. The summed E-state index contributed by atoms with van der Waals surface area (Å²) in [6, 6.07) is 24.1. The van der Waals surface area contributed by atoms with Gasteiger partial charge in [-0.2, -0.15) is 0 Å². The van der Waals surface area contributed by atoms with Crippen molar-refractivity contribution < 1.29 is 107 Å². The van der Waals surface area contributed by atoms with E-state index < -0.39 is 188 Å². The van der Waals surface area contributed by atoms with Crippen LogP contribution in [-0.4, -0.2) is 155 Å². The molecule has 6 N–H and O–H groups in total. The van der Waals surface area contributed by atoms with Crippen LogP contribution in [0.4, 0.5) is 0 Å². The summed E-state index contributed by atoms with van der Waals surface area (Å²) in [7, 11) is -13.1. The molecule has 0 bridgehead atoms. The van der Waals surface area contributed by atoms with Crippen LogP contribution in [0.25, 0.3) is 0 Å². The molecule has 3 aromatic carbocycles. The Morgan fingerprint density at radius 3 is 0.880 bits per heavy atom. The first-order valence-corrected chi connectivity index (χ1v) is 41.0.